The number of nitrogens with one attached hydrogen (secondary N) is 2. The molecular formula is C10H16N4O2S. The Hall–Kier alpha value is -1.63. The molecule has 0 radical (unpaired) electrons. The Bertz CT molecular complexity index is 428. The number of rotatable bonds is 4. The van der Waals surface area contributed by atoms with Crippen LogP contribution in [0.25, 0.3) is 0 Å². The Morgan fingerprint density at radius 3 is 2.59 bits per heavy atom. The third-order valence-corrected chi connectivity index (χ3v) is 2.85. The molecule has 0 bridgehead atoms. The molecule has 94 valence electrons. The summed E-state index contributed by atoms with van der Waals surface area (Å²) < 4.78 is 4.15. The van der Waals surface area contributed by atoms with Crippen LogP contribution < -0.4 is 16.4 Å². The van der Waals surface area contributed by atoms with Crippen LogP contribution >= 0.6 is 11.5 Å². The second-order valence-corrected chi connectivity index (χ2v) is 4.55. The summed E-state index contributed by atoms with van der Waals surface area (Å²) in [6.07, 6.45) is 0. The average molecular weight is 256 g/mol. The van der Waals surface area contributed by atoms with Crippen molar-refractivity contribution in [1.29, 1.82) is 0 Å². The maximum atomic E-state index is 11.4. The van der Waals surface area contributed by atoms with Gasteiger partial charge in [0.2, 0.25) is 0 Å². The van der Waals surface area contributed by atoms with E-state index in [4.69, 9.17) is 5.73 Å². The van der Waals surface area contributed by atoms with Crippen molar-refractivity contribution >= 4 is 28.5 Å². The molecule has 0 unspecified atom stereocenters. The molecule has 1 aromatic rings. The first kappa shape index (κ1) is 13.4. The Kier molecular flexibility index (Phi) is 4.45. The number of nitrogens with two attached hydrogens (primary N) is 1. The van der Waals surface area contributed by atoms with Crippen LogP contribution in [0.5, 0.6) is 0 Å². The molecule has 17 heavy (non-hydrogen) atoms. The van der Waals surface area contributed by atoms with Crippen LogP contribution in [0.1, 0.15) is 42.7 Å². The van der Waals surface area contributed by atoms with Gasteiger partial charge in [-0.1, -0.05) is 13.8 Å². The maximum Gasteiger partial charge on any atom is 0.319 e. The summed E-state index contributed by atoms with van der Waals surface area (Å²) in [7, 11) is 0. The molecule has 1 rings (SSSR count). The van der Waals surface area contributed by atoms with Crippen molar-refractivity contribution in [2.75, 3.05) is 11.9 Å². The highest BCUT2D eigenvalue weighted by atomic mass is 32.1. The SMILES string of the molecule is CCNC(=O)Nc1snc(C(C)C)c1C(N)=O. The van der Waals surface area contributed by atoms with Crippen LogP contribution in [0.2, 0.25) is 0 Å². The highest BCUT2D eigenvalue weighted by molar-refractivity contribution is 7.11. The Labute approximate surface area is 104 Å². The molecule has 0 aliphatic rings. The van der Waals surface area contributed by atoms with Crippen molar-refractivity contribution in [2.24, 2.45) is 5.73 Å². The zero-order chi connectivity index (χ0) is 13.0. The second kappa shape index (κ2) is 5.62. The summed E-state index contributed by atoms with van der Waals surface area (Å²) in [6.45, 7) is 6.14. The van der Waals surface area contributed by atoms with Gasteiger partial charge in [-0.25, -0.2) is 4.79 Å². The number of urea groups is 1. The summed E-state index contributed by atoms with van der Waals surface area (Å²) in [5.41, 5.74) is 6.23. The summed E-state index contributed by atoms with van der Waals surface area (Å²) in [6, 6.07) is -0.367. The molecule has 4 N–H and O–H groups in total. The fourth-order valence-corrected chi connectivity index (χ4v) is 2.25. The summed E-state index contributed by atoms with van der Waals surface area (Å²) in [4.78, 5) is 22.7. The van der Waals surface area contributed by atoms with Gasteiger partial charge in [-0.2, -0.15) is 4.37 Å². The summed E-state index contributed by atoms with van der Waals surface area (Å²) in [5, 5.41) is 5.54. The molecule has 0 saturated carbocycles. The third kappa shape index (κ3) is 3.16. The van der Waals surface area contributed by atoms with Gasteiger partial charge in [0.1, 0.15) is 5.00 Å². The van der Waals surface area contributed by atoms with E-state index in [9.17, 15) is 9.59 Å². The number of aromatic nitrogens is 1. The zero-order valence-corrected chi connectivity index (χ0v) is 10.9. The van der Waals surface area contributed by atoms with Gasteiger partial charge >= 0.3 is 6.03 Å². The van der Waals surface area contributed by atoms with E-state index in [1.165, 1.54) is 0 Å². The van der Waals surface area contributed by atoms with Gasteiger partial charge < -0.3 is 11.1 Å². The van der Waals surface area contributed by atoms with Gasteiger partial charge in [0.25, 0.3) is 5.91 Å². The Morgan fingerprint density at radius 2 is 2.12 bits per heavy atom. The van der Waals surface area contributed by atoms with Crippen LogP contribution in [0.15, 0.2) is 0 Å². The van der Waals surface area contributed by atoms with Crippen molar-refractivity contribution < 1.29 is 9.59 Å². The fraction of sp³-hybridized carbons (Fsp3) is 0.500. The van der Waals surface area contributed by atoms with Crippen molar-refractivity contribution in [3.05, 3.63) is 11.3 Å². The van der Waals surface area contributed by atoms with E-state index in [2.05, 4.69) is 15.0 Å². The van der Waals surface area contributed by atoms with Gasteiger partial charge in [-0.15, -0.1) is 0 Å². The quantitative estimate of drug-likeness (QED) is 0.761. The van der Waals surface area contributed by atoms with Crippen molar-refractivity contribution in [1.82, 2.24) is 9.69 Å². The normalized spacial score (nSPS) is 10.4. The molecule has 0 aromatic carbocycles. The minimum Gasteiger partial charge on any atom is -0.365 e. The van der Waals surface area contributed by atoms with E-state index in [-0.39, 0.29) is 11.9 Å². The van der Waals surface area contributed by atoms with Crippen molar-refractivity contribution in [3.8, 4) is 0 Å². The largest absolute Gasteiger partial charge is 0.365 e. The molecule has 1 heterocycles. The number of amides is 3. The molecule has 0 aliphatic heterocycles. The predicted octanol–water partition coefficient (Wildman–Crippen LogP) is 1.51. The molecule has 0 fully saturated rings. The molecule has 0 spiro atoms. The molecule has 1 aromatic heterocycles. The summed E-state index contributed by atoms with van der Waals surface area (Å²) >= 11 is 1.06. The number of hydrogen-bond donors (Lipinski definition) is 3. The number of primary amides is 1. The Morgan fingerprint density at radius 1 is 1.47 bits per heavy atom. The molecule has 7 heteroatoms. The topological polar surface area (TPSA) is 97.1 Å². The zero-order valence-electron chi connectivity index (χ0n) is 10.0. The highest BCUT2D eigenvalue weighted by Crippen LogP contribution is 2.29. The second-order valence-electron chi connectivity index (χ2n) is 3.78. The van der Waals surface area contributed by atoms with E-state index in [1.807, 2.05) is 13.8 Å². The lowest BCUT2D eigenvalue weighted by atomic mass is 10.1. The summed E-state index contributed by atoms with van der Waals surface area (Å²) in [5.74, 6) is -0.493. The first-order chi connectivity index (χ1) is 7.97. The van der Waals surface area contributed by atoms with Crippen molar-refractivity contribution in [2.45, 2.75) is 26.7 Å². The highest BCUT2D eigenvalue weighted by Gasteiger charge is 2.21. The van der Waals surface area contributed by atoms with Gasteiger partial charge in [0.15, 0.2) is 0 Å². The fourth-order valence-electron chi connectivity index (χ4n) is 1.33. The Balaban J connectivity index is 3.00. The van der Waals surface area contributed by atoms with Gasteiger partial charge in [-0.3, -0.25) is 10.1 Å². The van der Waals surface area contributed by atoms with E-state index >= 15 is 0 Å². The molecule has 0 saturated heterocycles. The smallest absolute Gasteiger partial charge is 0.319 e. The van der Waals surface area contributed by atoms with E-state index in [0.717, 1.165) is 11.5 Å². The number of carbonyl (C=O) groups is 2. The molecule has 3 amide bonds. The maximum absolute atomic E-state index is 11.4. The van der Waals surface area contributed by atoms with Gasteiger partial charge in [0, 0.05) is 6.54 Å². The van der Waals surface area contributed by atoms with Crippen LogP contribution in [-0.2, 0) is 0 Å². The van der Waals surface area contributed by atoms with E-state index in [1.54, 1.807) is 6.92 Å². The lowest BCUT2D eigenvalue weighted by Crippen LogP contribution is -2.29. The number of anilines is 1. The molecular weight excluding hydrogens is 240 g/mol. The first-order valence-electron chi connectivity index (χ1n) is 5.31. The molecule has 6 nitrogen and oxygen atoms in total. The monoisotopic (exact) mass is 256 g/mol. The minimum atomic E-state index is -0.575. The van der Waals surface area contributed by atoms with Crippen molar-refractivity contribution in [3.63, 3.8) is 0 Å². The minimum absolute atomic E-state index is 0.0820. The van der Waals surface area contributed by atoms with Crippen LogP contribution in [0, 0.1) is 0 Å². The van der Waals surface area contributed by atoms with Crippen LogP contribution in [0.4, 0.5) is 9.80 Å². The lowest BCUT2D eigenvalue weighted by Gasteiger charge is -2.06. The van der Waals surface area contributed by atoms with Gasteiger partial charge in [0.05, 0.1) is 11.3 Å². The number of hydrogen-bond acceptors (Lipinski definition) is 4. The third-order valence-electron chi connectivity index (χ3n) is 2.08. The molecule has 0 atom stereocenters. The van der Waals surface area contributed by atoms with Gasteiger partial charge in [-0.05, 0) is 24.4 Å². The lowest BCUT2D eigenvalue weighted by molar-refractivity contribution is 0.1000. The van der Waals surface area contributed by atoms with Crippen LogP contribution in [0.3, 0.4) is 0 Å². The predicted molar refractivity (Wildman–Crippen MR) is 67.4 cm³/mol. The standard InChI is InChI=1S/C10H16N4O2S/c1-4-12-10(16)13-9-6(8(11)15)7(5(2)3)14-17-9/h5H,4H2,1-3H3,(H2,11,15)(H2,12,13,16). The first-order valence-corrected chi connectivity index (χ1v) is 6.08. The average Bonchev–Trinajstić information content (AvgIpc) is 2.61. The van der Waals surface area contributed by atoms with E-state index < -0.39 is 5.91 Å². The number of carbonyl (C=O) groups excluding carboxylic acids is 2. The van der Waals surface area contributed by atoms with Crippen LogP contribution in [-0.4, -0.2) is 22.9 Å². The molecule has 0 aliphatic carbocycles. The number of nitrogens with zero attached hydrogens (tertiary/aromatic N) is 1. The van der Waals surface area contributed by atoms with E-state index in [0.29, 0.717) is 22.8 Å².